The van der Waals surface area contributed by atoms with Crippen LogP contribution in [0.3, 0.4) is 0 Å². The molecule has 0 aromatic heterocycles. The van der Waals surface area contributed by atoms with E-state index in [1.807, 2.05) is 0 Å². The van der Waals surface area contributed by atoms with Gasteiger partial charge in [-0.25, -0.2) is 0 Å². The second kappa shape index (κ2) is 11.2. The number of nitrogens with zero attached hydrogens (tertiary/aromatic N) is 2. The van der Waals surface area contributed by atoms with Crippen LogP contribution >= 0.6 is 0 Å². The van der Waals surface area contributed by atoms with E-state index in [9.17, 15) is 0 Å². The van der Waals surface area contributed by atoms with Gasteiger partial charge >= 0.3 is 0 Å². The third-order valence-corrected chi connectivity index (χ3v) is 12.8. The van der Waals surface area contributed by atoms with Crippen LogP contribution in [0.2, 0.25) is 0 Å². The van der Waals surface area contributed by atoms with Crippen LogP contribution in [0.25, 0.3) is 22.4 Å². The number of fused-ring (bicyclic) bond motifs is 7. The summed E-state index contributed by atoms with van der Waals surface area (Å²) >= 11 is 0. The maximum absolute atomic E-state index is 2.61. The number of para-hydroxylation sites is 3. The molecular weight excluding hydrogens is 651 g/mol. The highest BCUT2D eigenvalue weighted by molar-refractivity contribution is 6.96. The first kappa shape index (κ1) is 31.5. The molecule has 258 valence electrons. The van der Waals surface area contributed by atoms with E-state index in [0.29, 0.717) is 0 Å². The van der Waals surface area contributed by atoms with Crippen molar-refractivity contribution in [3.63, 3.8) is 0 Å². The Morgan fingerprint density at radius 3 is 2.07 bits per heavy atom. The summed E-state index contributed by atoms with van der Waals surface area (Å²) in [5, 5.41) is 2.75. The Morgan fingerprint density at radius 2 is 1.30 bits per heavy atom. The SMILES string of the molecule is CC1(C)C2=C(c3ccccc31)C(C)(C)c1c3c(c4cccc5c4c1CC=C5)N(c1cccc(N(c4ccccc4)c4ccccc4)c1)c1ccccc1B23. The van der Waals surface area contributed by atoms with Gasteiger partial charge < -0.3 is 9.80 Å². The molecule has 0 N–H and O–H groups in total. The Balaban J connectivity index is 1.24. The molecule has 2 heterocycles. The van der Waals surface area contributed by atoms with Gasteiger partial charge in [-0.15, -0.1) is 0 Å². The van der Waals surface area contributed by atoms with E-state index >= 15 is 0 Å². The van der Waals surface area contributed by atoms with Gasteiger partial charge in [-0.05, 0) is 105 Å². The lowest BCUT2D eigenvalue weighted by Crippen LogP contribution is -2.59. The zero-order valence-corrected chi connectivity index (χ0v) is 31.3. The van der Waals surface area contributed by atoms with Crippen molar-refractivity contribution in [2.24, 2.45) is 0 Å². The zero-order valence-electron chi connectivity index (χ0n) is 31.3. The van der Waals surface area contributed by atoms with Crippen molar-refractivity contribution in [1.82, 2.24) is 0 Å². The minimum absolute atomic E-state index is 0.127. The summed E-state index contributed by atoms with van der Waals surface area (Å²) in [6.07, 6.45) is 5.68. The number of hydrogen-bond donors (Lipinski definition) is 0. The van der Waals surface area contributed by atoms with E-state index in [1.165, 1.54) is 66.5 Å². The van der Waals surface area contributed by atoms with Crippen LogP contribution < -0.4 is 20.7 Å². The second-order valence-electron chi connectivity index (χ2n) is 16.4. The maximum atomic E-state index is 2.61. The van der Waals surface area contributed by atoms with Crippen molar-refractivity contribution in [2.75, 3.05) is 9.80 Å². The number of allylic oxidation sites excluding steroid dienone is 3. The standard InChI is InChI=1S/C51H41BN2/c1-50(2)41-29-12-11-26-38(41)46-49(50)52-42-30-13-14-31-43(42)54(48-40-28-16-19-33-18-15-27-39(44(33)40)45(47(48)52)51(46,3)4)37-25-17-24-36(32-37)53(34-20-7-5-8-21-34)35-22-9-6-10-23-35/h5-26,28-32H,27H2,1-4H3. The summed E-state index contributed by atoms with van der Waals surface area (Å²) in [5.74, 6) is 0. The first-order valence-corrected chi connectivity index (χ1v) is 19.4. The van der Waals surface area contributed by atoms with Crippen LogP contribution in [-0.2, 0) is 17.3 Å². The third-order valence-electron chi connectivity index (χ3n) is 12.8. The summed E-state index contributed by atoms with van der Waals surface area (Å²) in [5.41, 5.74) is 20.0. The Labute approximate surface area is 318 Å². The molecule has 3 heteroatoms. The normalized spacial score (nSPS) is 16.5. The number of rotatable bonds is 4. The lowest BCUT2D eigenvalue weighted by molar-refractivity contribution is 0.649. The molecule has 2 aliphatic heterocycles. The van der Waals surface area contributed by atoms with Crippen LogP contribution in [0, 0.1) is 0 Å². The summed E-state index contributed by atoms with van der Waals surface area (Å²) in [7, 11) is 0. The fraction of sp³-hybridized carbons (Fsp3) is 0.137. The molecule has 11 rings (SSSR count). The molecule has 0 saturated carbocycles. The Kier molecular flexibility index (Phi) is 6.54. The highest BCUT2D eigenvalue weighted by Gasteiger charge is 2.56. The van der Waals surface area contributed by atoms with Crippen molar-refractivity contribution in [3.8, 4) is 0 Å². The molecule has 0 saturated heterocycles. The number of hydrogen-bond acceptors (Lipinski definition) is 2. The Hall–Kier alpha value is -6.06. The Bertz CT molecular complexity index is 2720. The lowest BCUT2D eigenvalue weighted by Gasteiger charge is -2.49. The number of anilines is 6. The molecule has 0 radical (unpaired) electrons. The molecule has 7 aromatic carbocycles. The first-order chi connectivity index (χ1) is 26.4. The second-order valence-corrected chi connectivity index (χ2v) is 16.4. The first-order valence-electron chi connectivity index (χ1n) is 19.4. The molecule has 7 aromatic rings. The molecule has 0 fully saturated rings. The van der Waals surface area contributed by atoms with E-state index in [-0.39, 0.29) is 17.5 Å². The minimum atomic E-state index is -0.209. The largest absolute Gasteiger partial charge is 0.311 e. The molecule has 2 aliphatic carbocycles. The van der Waals surface area contributed by atoms with Gasteiger partial charge in [0.2, 0.25) is 6.71 Å². The van der Waals surface area contributed by atoms with Crippen LogP contribution in [0.15, 0.2) is 163 Å². The molecule has 2 nitrogen and oxygen atoms in total. The monoisotopic (exact) mass is 692 g/mol. The average molecular weight is 693 g/mol. The third kappa shape index (κ3) is 4.13. The van der Waals surface area contributed by atoms with Crippen molar-refractivity contribution in [1.29, 1.82) is 0 Å². The summed E-state index contributed by atoms with van der Waals surface area (Å²) in [6.45, 7) is 10.1. The quantitative estimate of drug-likeness (QED) is 0.169. The smallest absolute Gasteiger partial charge is 0.244 e. The minimum Gasteiger partial charge on any atom is -0.311 e. The van der Waals surface area contributed by atoms with Gasteiger partial charge in [-0.1, -0.05) is 148 Å². The van der Waals surface area contributed by atoms with E-state index in [0.717, 1.165) is 29.2 Å². The predicted octanol–water partition coefficient (Wildman–Crippen LogP) is 11.8. The summed E-state index contributed by atoms with van der Waals surface area (Å²) in [6, 6.07) is 56.2. The van der Waals surface area contributed by atoms with E-state index in [4.69, 9.17) is 0 Å². The van der Waals surface area contributed by atoms with Crippen LogP contribution in [0.1, 0.15) is 55.5 Å². The number of benzene rings is 7. The van der Waals surface area contributed by atoms with Gasteiger partial charge in [-0.2, -0.15) is 0 Å². The van der Waals surface area contributed by atoms with Gasteiger partial charge in [-0.3, -0.25) is 0 Å². The highest BCUT2D eigenvalue weighted by atomic mass is 15.2. The lowest BCUT2D eigenvalue weighted by atomic mass is 9.27. The van der Waals surface area contributed by atoms with Crippen LogP contribution in [0.4, 0.5) is 34.1 Å². The topological polar surface area (TPSA) is 6.48 Å². The molecular formula is C51H41BN2. The van der Waals surface area contributed by atoms with Gasteiger partial charge in [0.25, 0.3) is 0 Å². The zero-order chi connectivity index (χ0) is 36.3. The molecule has 4 aliphatic rings. The Morgan fingerprint density at radius 1 is 0.630 bits per heavy atom. The maximum Gasteiger partial charge on any atom is 0.244 e. The van der Waals surface area contributed by atoms with Crippen LogP contribution in [-0.4, -0.2) is 6.71 Å². The highest BCUT2D eigenvalue weighted by Crippen LogP contribution is 2.60. The fourth-order valence-corrected chi connectivity index (χ4v) is 10.8. The molecule has 0 bridgehead atoms. The van der Waals surface area contributed by atoms with Crippen molar-refractivity contribution in [3.05, 3.63) is 191 Å². The van der Waals surface area contributed by atoms with Gasteiger partial charge in [0.05, 0.1) is 0 Å². The van der Waals surface area contributed by atoms with Gasteiger partial charge in [0.1, 0.15) is 0 Å². The summed E-state index contributed by atoms with van der Waals surface area (Å²) in [4.78, 5) is 4.98. The van der Waals surface area contributed by atoms with Crippen molar-refractivity contribution >= 4 is 74.2 Å². The van der Waals surface area contributed by atoms with Crippen molar-refractivity contribution in [2.45, 2.75) is 44.9 Å². The fourth-order valence-electron chi connectivity index (χ4n) is 10.8. The molecule has 0 spiro atoms. The molecule has 0 amide bonds. The molecule has 0 unspecified atom stereocenters. The van der Waals surface area contributed by atoms with E-state index in [1.54, 1.807) is 5.47 Å². The van der Waals surface area contributed by atoms with Gasteiger partial charge in [0, 0.05) is 50.3 Å². The molecule has 0 atom stereocenters. The average Bonchev–Trinajstić information content (AvgIpc) is 3.45. The van der Waals surface area contributed by atoms with E-state index in [2.05, 4.69) is 201 Å². The summed E-state index contributed by atoms with van der Waals surface area (Å²) < 4.78 is 0. The van der Waals surface area contributed by atoms with Crippen LogP contribution in [0.5, 0.6) is 0 Å². The predicted molar refractivity (Wildman–Crippen MR) is 230 cm³/mol. The molecule has 54 heavy (non-hydrogen) atoms. The van der Waals surface area contributed by atoms with Crippen molar-refractivity contribution < 1.29 is 0 Å². The van der Waals surface area contributed by atoms with E-state index < -0.39 is 0 Å². The van der Waals surface area contributed by atoms with Gasteiger partial charge in [0.15, 0.2) is 0 Å².